The normalized spacial score (nSPS) is 12.5. The van der Waals surface area contributed by atoms with Crippen molar-refractivity contribution in [2.75, 3.05) is 0 Å². The molecule has 1 N–H and O–H groups in total. The van der Waals surface area contributed by atoms with Gasteiger partial charge in [0, 0.05) is 11.9 Å². The molecular formula is C18H17N5O2S2. The van der Waals surface area contributed by atoms with Crippen molar-refractivity contribution in [3.63, 3.8) is 0 Å². The largest absolute Gasteiger partial charge is 0.350 e. The molecule has 0 unspecified atom stereocenters. The fourth-order valence-corrected chi connectivity index (χ4v) is 4.35. The fourth-order valence-electron chi connectivity index (χ4n) is 2.83. The Labute approximate surface area is 163 Å². The first-order valence-corrected chi connectivity index (χ1v) is 10.1. The lowest BCUT2D eigenvalue weighted by atomic mass is 10.2. The first kappa shape index (κ1) is 17.7. The molecular weight excluding hydrogens is 382 g/mol. The quantitative estimate of drug-likeness (QED) is 0.521. The molecule has 138 valence electrons. The number of rotatable bonds is 5. The van der Waals surface area contributed by atoms with Gasteiger partial charge in [0.25, 0.3) is 5.56 Å². The topological polar surface area (TPSA) is 81.3 Å². The van der Waals surface area contributed by atoms with Crippen molar-refractivity contribution in [1.29, 1.82) is 0 Å². The second-order valence-electron chi connectivity index (χ2n) is 6.06. The summed E-state index contributed by atoms with van der Waals surface area (Å²) in [5.41, 5.74) is 0.609. The van der Waals surface area contributed by atoms with Crippen molar-refractivity contribution < 1.29 is 4.79 Å². The van der Waals surface area contributed by atoms with Gasteiger partial charge in [-0.2, -0.15) is 0 Å². The van der Waals surface area contributed by atoms with Crippen LogP contribution in [0.25, 0.3) is 16.7 Å². The lowest BCUT2D eigenvalue weighted by Gasteiger charge is -2.11. The van der Waals surface area contributed by atoms with E-state index in [-0.39, 0.29) is 16.7 Å². The second kappa shape index (κ2) is 7.16. The number of benzene rings is 1. The Morgan fingerprint density at radius 3 is 2.85 bits per heavy atom. The van der Waals surface area contributed by atoms with Crippen LogP contribution in [-0.4, -0.2) is 30.3 Å². The minimum absolute atomic E-state index is 0.0701. The molecule has 0 saturated carbocycles. The molecule has 0 aliphatic rings. The van der Waals surface area contributed by atoms with Gasteiger partial charge in [0.05, 0.1) is 22.7 Å². The maximum atomic E-state index is 12.5. The van der Waals surface area contributed by atoms with E-state index in [1.54, 1.807) is 24.5 Å². The number of carbonyl (C=O) groups excluding carboxylic acids is 1. The number of nitrogens with one attached hydrogen (secondary N) is 1. The van der Waals surface area contributed by atoms with Gasteiger partial charge < -0.3 is 5.32 Å². The van der Waals surface area contributed by atoms with Crippen LogP contribution < -0.4 is 10.9 Å². The Morgan fingerprint density at radius 2 is 2.07 bits per heavy atom. The molecule has 3 aromatic heterocycles. The first-order chi connectivity index (χ1) is 13.1. The molecule has 0 radical (unpaired) electrons. The lowest BCUT2D eigenvalue weighted by molar-refractivity contribution is -0.120. The molecule has 0 aliphatic heterocycles. The van der Waals surface area contributed by atoms with Gasteiger partial charge in [-0.25, -0.2) is 0 Å². The minimum Gasteiger partial charge on any atom is -0.350 e. The predicted octanol–water partition coefficient (Wildman–Crippen LogP) is 2.44. The molecule has 27 heavy (non-hydrogen) atoms. The van der Waals surface area contributed by atoms with Gasteiger partial charge in [-0.3, -0.25) is 18.6 Å². The number of thiophene rings is 1. The molecule has 0 saturated heterocycles. The average molecular weight is 400 g/mol. The highest BCUT2D eigenvalue weighted by Gasteiger charge is 2.20. The van der Waals surface area contributed by atoms with E-state index < -0.39 is 0 Å². The summed E-state index contributed by atoms with van der Waals surface area (Å²) in [4.78, 5) is 26.0. The summed E-state index contributed by atoms with van der Waals surface area (Å²) in [6, 6.07) is 11.3. The number of thioether (sulfide) groups is 1. The van der Waals surface area contributed by atoms with Crippen LogP contribution >= 0.6 is 23.1 Å². The number of aryl methyl sites for hydroxylation is 1. The zero-order valence-electron chi connectivity index (χ0n) is 14.7. The fraction of sp³-hybridized carbons (Fsp3) is 0.222. The molecule has 9 heteroatoms. The molecule has 3 heterocycles. The third kappa shape index (κ3) is 3.24. The van der Waals surface area contributed by atoms with Crippen molar-refractivity contribution in [2.45, 2.75) is 23.9 Å². The number of fused-ring (bicyclic) bond motifs is 3. The number of hydrogen-bond donors (Lipinski definition) is 1. The molecule has 1 amide bonds. The van der Waals surface area contributed by atoms with Crippen molar-refractivity contribution >= 4 is 45.7 Å². The summed E-state index contributed by atoms with van der Waals surface area (Å²) >= 11 is 2.93. The highest BCUT2D eigenvalue weighted by molar-refractivity contribution is 8.00. The Morgan fingerprint density at radius 1 is 1.26 bits per heavy atom. The standard InChI is InChI=1S/C18H17N5O2S2/c1-11(15(24)19-10-12-6-5-9-26-12)27-18-21-20-17-22(2)16(25)13-7-3-4-8-14(13)23(17)18/h3-9,11H,10H2,1-2H3,(H,19,24)/t11-/m0/s1. The van der Waals surface area contributed by atoms with Crippen LogP contribution in [-0.2, 0) is 18.4 Å². The van der Waals surface area contributed by atoms with E-state index in [4.69, 9.17) is 0 Å². The maximum Gasteiger partial charge on any atom is 0.262 e. The van der Waals surface area contributed by atoms with Crippen molar-refractivity contribution in [3.05, 3.63) is 57.0 Å². The highest BCUT2D eigenvalue weighted by Crippen LogP contribution is 2.25. The Bertz CT molecular complexity index is 1180. The summed E-state index contributed by atoms with van der Waals surface area (Å²) in [6.07, 6.45) is 0. The Balaban J connectivity index is 1.64. The smallest absolute Gasteiger partial charge is 0.262 e. The molecule has 0 aliphatic carbocycles. The van der Waals surface area contributed by atoms with Crippen LogP contribution in [0.1, 0.15) is 11.8 Å². The van der Waals surface area contributed by atoms with Crippen LogP contribution in [0.2, 0.25) is 0 Å². The van der Waals surface area contributed by atoms with Gasteiger partial charge in [-0.05, 0) is 30.5 Å². The summed E-state index contributed by atoms with van der Waals surface area (Å²) in [7, 11) is 1.67. The number of hydrogen-bond acceptors (Lipinski definition) is 6. The lowest BCUT2D eigenvalue weighted by Crippen LogP contribution is -2.30. The zero-order chi connectivity index (χ0) is 19.0. The molecule has 7 nitrogen and oxygen atoms in total. The third-order valence-electron chi connectivity index (χ3n) is 4.26. The van der Waals surface area contributed by atoms with Gasteiger partial charge in [-0.1, -0.05) is 30.0 Å². The van der Waals surface area contributed by atoms with Gasteiger partial charge in [0.1, 0.15) is 0 Å². The molecule has 0 bridgehead atoms. The molecule has 4 rings (SSSR count). The minimum atomic E-state index is -0.353. The third-order valence-corrected chi connectivity index (χ3v) is 6.18. The van der Waals surface area contributed by atoms with Gasteiger partial charge >= 0.3 is 0 Å². The number of carbonyl (C=O) groups is 1. The second-order valence-corrected chi connectivity index (χ2v) is 8.40. The zero-order valence-corrected chi connectivity index (χ0v) is 16.4. The van der Waals surface area contributed by atoms with E-state index in [1.165, 1.54) is 16.3 Å². The Kier molecular flexibility index (Phi) is 4.71. The predicted molar refractivity (Wildman–Crippen MR) is 107 cm³/mol. The number of aromatic nitrogens is 4. The van der Waals surface area contributed by atoms with Crippen molar-refractivity contribution in [1.82, 2.24) is 24.5 Å². The van der Waals surface area contributed by atoms with E-state index >= 15 is 0 Å². The van der Waals surface area contributed by atoms with Gasteiger partial charge in [0.15, 0.2) is 5.16 Å². The number of amides is 1. The van der Waals surface area contributed by atoms with E-state index in [2.05, 4.69) is 15.5 Å². The highest BCUT2D eigenvalue weighted by atomic mass is 32.2. The average Bonchev–Trinajstić information content (AvgIpc) is 3.34. The maximum absolute atomic E-state index is 12.5. The monoisotopic (exact) mass is 399 g/mol. The van der Waals surface area contributed by atoms with E-state index in [0.29, 0.717) is 22.9 Å². The SMILES string of the molecule is C[C@H](Sc1nnc2n(C)c(=O)c3ccccc3n12)C(=O)NCc1cccs1. The van der Waals surface area contributed by atoms with E-state index in [1.807, 2.05) is 47.0 Å². The first-order valence-electron chi connectivity index (χ1n) is 8.36. The molecule has 1 aromatic carbocycles. The van der Waals surface area contributed by atoms with Crippen LogP contribution in [0.3, 0.4) is 0 Å². The van der Waals surface area contributed by atoms with E-state index in [0.717, 1.165) is 10.4 Å². The summed E-state index contributed by atoms with van der Waals surface area (Å²) in [6.45, 7) is 2.35. The summed E-state index contributed by atoms with van der Waals surface area (Å²) in [5.74, 6) is 0.381. The van der Waals surface area contributed by atoms with Crippen LogP contribution in [0.5, 0.6) is 0 Å². The Hall–Kier alpha value is -2.65. The van der Waals surface area contributed by atoms with Crippen molar-refractivity contribution in [3.8, 4) is 0 Å². The van der Waals surface area contributed by atoms with Gasteiger partial charge in [-0.15, -0.1) is 21.5 Å². The summed E-state index contributed by atoms with van der Waals surface area (Å²) < 4.78 is 3.30. The molecule has 0 fully saturated rings. The van der Waals surface area contributed by atoms with Crippen molar-refractivity contribution in [2.24, 2.45) is 7.05 Å². The molecule has 4 aromatic rings. The number of para-hydroxylation sites is 1. The van der Waals surface area contributed by atoms with Crippen LogP contribution in [0.15, 0.2) is 51.7 Å². The number of nitrogens with zero attached hydrogens (tertiary/aromatic N) is 4. The molecule has 1 atom stereocenters. The van der Waals surface area contributed by atoms with Crippen LogP contribution in [0, 0.1) is 0 Å². The van der Waals surface area contributed by atoms with E-state index in [9.17, 15) is 9.59 Å². The summed E-state index contributed by atoms with van der Waals surface area (Å²) in [5, 5.41) is 14.1. The van der Waals surface area contributed by atoms with Crippen LogP contribution in [0.4, 0.5) is 0 Å². The molecule has 0 spiro atoms. The van der Waals surface area contributed by atoms with Gasteiger partial charge in [0.2, 0.25) is 11.7 Å².